The third-order valence-electron chi connectivity index (χ3n) is 11.7. The molecule has 55 heavy (non-hydrogen) atoms. The lowest BCUT2D eigenvalue weighted by molar-refractivity contribution is -0.136. The molecule has 15 heteroatoms. The van der Waals surface area contributed by atoms with Crippen LogP contribution < -0.4 is 25.2 Å². The highest BCUT2D eigenvalue weighted by atomic mass is 19.1. The molecule has 4 aromatic rings. The maximum absolute atomic E-state index is 14.1. The molecular formula is C40H42FN9O5. The summed E-state index contributed by atoms with van der Waals surface area (Å²) in [4.78, 5) is 50.7. The summed E-state index contributed by atoms with van der Waals surface area (Å²) in [7, 11) is 0. The highest BCUT2D eigenvalue weighted by Gasteiger charge is 2.47. The monoisotopic (exact) mass is 747 g/mol. The Morgan fingerprint density at radius 2 is 1.87 bits per heavy atom. The summed E-state index contributed by atoms with van der Waals surface area (Å²) in [6.45, 7) is 9.91. The first kappa shape index (κ1) is 34.9. The van der Waals surface area contributed by atoms with Gasteiger partial charge in [0.05, 0.1) is 23.5 Å². The molecule has 5 aliphatic rings. The lowest BCUT2D eigenvalue weighted by Crippen LogP contribution is -2.52. The molecule has 0 radical (unpaired) electrons. The van der Waals surface area contributed by atoms with Crippen LogP contribution in [0.4, 0.5) is 21.6 Å². The number of hydrogen-bond donors (Lipinski definition) is 3. The molecule has 3 N–H and O–H groups in total. The van der Waals surface area contributed by atoms with Gasteiger partial charge in [-0.3, -0.25) is 24.6 Å². The molecular weight excluding hydrogens is 705 g/mol. The second kappa shape index (κ2) is 13.5. The molecule has 14 nitrogen and oxygen atoms in total. The number of benzene rings is 2. The van der Waals surface area contributed by atoms with Crippen molar-refractivity contribution in [2.45, 2.75) is 63.9 Å². The van der Waals surface area contributed by atoms with Crippen LogP contribution in [-0.2, 0) is 22.7 Å². The van der Waals surface area contributed by atoms with E-state index in [-0.39, 0.29) is 35.4 Å². The Labute approximate surface area is 317 Å². The van der Waals surface area contributed by atoms with Gasteiger partial charge in [-0.1, -0.05) is 12.1 Å². The first-order valence-corrected chi connectivity index (χ1v) is 18.8. The van der Waals surface area contributed by atoms with Crippen molar-refractivity contribution in [2.75, 3.05) is 54.4 Å². The molecule has 3 saturated heterocycles. The summed E-state index contributed by atoms with van der Waals surface area (Å²) in [5.41, 5.74) is 5.84. The number of imide groups is 1. The SMILES string of the molecule is Cc1cc(CN2CCN(c3ccc4c(c3)C(=O)N([C@H]3CCC(=O)NC3=O)C4)CC2)cnc1O[C@H]1CN2c3cc(-c4cccc(F)c4O)nnc3NC[C@]2(C)C1. The van der Waals surface area contributed by atoms with Gasteiger partial charge in [0.1, 0.15) is 12.1 Å². The topological polar surface area (TPSA) is 156 Å². The second-order valence-corrected chi connectivity index (χ2v) is 15.5. The molecule has 9 rings (SSSR count). The number of carbonyl (C=O) groups is 3. The van der Waals surface area contributed by atoms with Gasteiger partial charge in [-0.2, -0.15) is 0 Å². The molecule has 3 amide bonds. The van der Waals surface area contributed by atoms with Crippen molar-refractivity contribution in [2.24, 2.45) is 0 Å². The molecule has 3 fully saturated rings. The number of para-hydroxylation sites is 1. The summed E-state index contributed by atoms with van der Waals surface area (Å²) in [5.74, 6) is -0.763. The van der Waals surface area contributed by atoms with E-state index in [0.29, 0.717) is 49.0 Å². The van der Waals surface area contributed by atoms with Crippen LogP contribution in [0.2, 0.25) is 0 Å². The maximum Gasteiger partial charge on any atom is 0.255 e. The van der Waals surface area contributed by atoms with Crippen LogP contribution in [0.5, 0.6) is 11.6 Å². The van der Waals surface area contributed by atoms with Crippen LogP contribution in [0.15, 0.2) is 54.7 Å². The van der Waals surface area contributed by atoms with Gasteiger partial charge in [0.2, 0.25) is 17.7 Å². The van der Waals surface area contributed by atoms with Gasteiger partial charge in [0, 0.05) is 87.2 Å². The number of phenolic OH excluding ortho intramolecular Hbond substituents is 1. The van der Waals surface area contributed by atoms with Crippen molar-refractivity contribution in [1.82, 2.24) is 30.3 Å². The fourth-order valence-electron chi connectivity index (χ4n) is 8.72. The number of fused-ring (bicyclic) bond motifs is 4. The first-order chi connectivity index (χ1) is 26.5. The Bertz CT molecular complexity index is 2230. The predicted molar refractivity (Wildman–Crippen MR) is 201 cm³/mol. The van der Waals surface area contributed by atoms with E-state index < -0.39 is 23.5 Å². The number of halogens is 1. The Morgan fingerprint density at radius 3 is 2.67 bits per heavy atom. The lowest BCUT2D eigenvalue weighted by Gasteiger charge is -2.41. The highest BCUT2D eigenvalue weighted by molar-refractivity contribution is 6.05. The fraction of sp³-hybridized carbons (Fsp3) is 0.400. The third-order valence-corrected chi connectivity index (χ3v) is 11.7. The number of nitrogens with zero attached hydrogens (tertiary/aromatic N) is 7. The van der Waals surface area contributed by atoms with E-state index in [1.807, 2.05) is 31.3 Å². The minimum absolute atomic E-state index is 0.128. The number of nitrogens with one attached hydrogen (secondary N) is 2. The Hall–Kier alpha value is -5.83. The Kier molecular flexibility index (Phi) is 8.56. The smallest absolute Gasteiger partial charge is 0.255 e. The molecule has 0 unspecified atom stereocenters. The maximum atomic E-state index is 14.1. The number of piperidine rings is 1. The van der Waals surface area contributed by atoms with Crippen LogP contribution in [-0.4, -0.2) is 105 Å². The molecule has 7 heterocycles. The average molecular weight is 748 g/mol. The van der Waals surface area contributed by atoms with Gasteiger partial charge in [-0.15, -0.1) is 10.2 Å². The minimum Gasteiger partial charge on any atom is -0.504 e. The van der Waals surface area contributed by atoms with E-state index in [4.69, 9.17) is 9.72 Å². The largest absolute Gasteiger partial charge is 0.504 e. The van der Waals surface area contributed by atoms with E-state index >= 15 is 0 Å². The zero-order valence-electron chi connectivity index (χ0n) is 30.7. The van der Waals surface area contributed by atoms with Crippen LogP contribution >= 0.6 is 0 Å². The summed E-state index contributed by atoms with van der Waals surface area (Å²) < 4.78 is 20.7. The number of aryl methyl sites for hydroxylation is 1. The molecule has 0 saturated carbocycles. The quantitative estimate of drug-likeness (QED) is 0.237. The van der Waals surface area contributed by atoms with Gasteiger partial charge >= 0.3 is 0 Å². The van der Waals surface area contributed by atoms with Crippen molar-refractivity contribution in [1.29, 1.82) is 0 Å². The highest BCUT2D eigenvalue weighted by Crippen LogP contribution is 2.44. The second-order valence-electron chi connectivity index (χ2n) is 15.5. The van der Waals surface area contributed by atoms with Crippen LogP contribution in [0.3, 0.4) is 0 Å². The first-order valence-electron chi connectivity index (χ1n) is 18.8. The van der Waals surface area contributed by atoms with E-state index in [1.165, 1.54) is 12.1 Å². The number of amides is 3. The van der Waals surface area contributed by atoms with Crippen molar-refractivity contribution in [3.8, 4) is 22.9 Å². The number of anilines is 3. The van der Waals surface area contributed by atoms with E-state index in [0.717, 1.165) is 67.2 Å². The van der Waals surface area contributed by atoms with Gasteiger partial charge in [0.25, 0.3) is 5.91 Å². The number of carbonyl (C=O) groups excluding carboxylic acids is 3. The van der Waals surface area contributed by atoms with Crippen molar-refractivity contribution in [3.05, 3.63) is 82.8 Å². The van der Waals surface area contributed by atoms with Gasteiger partial charge in [-0.05, 0) is 67.8 Å². The Morgan fingerprint density at radius 1 is 1.04 bits per heavy atom. The fourth-order valence-corrected chi connectivity index (χ4v) is 8.72. The summed E-state index contributed by atoms with van der Waals surface area (Å²) in [6.07, 6.45) is 3.11. The standard InChI is InChI=1S/C40H42FN9O5/c1-23-14-24(19-47-10-12-48(13-11-47)26-7-6-25-20-49(39(54)29(25)15-26)32-8-9-34(51)44-37(32)53)18-42-38(23)55-27-17-40(2)22-43-36-33(50(40)21-27)16-31(45-46-36)28-4-3-5-30(41)35(28)52/h3-7,14-16,18,27,32,52H,8-13,17,19-22H2,1-2H3,(H,43,46)(H,44,51,53)/t27-,32+,40+/m1/s1. The number of aromatic hydroxyl groups is 1. The molecule has 3 atom stereocenters. The molecule has 2 aromatic heterocycles. The number of ether oxygens (including phenoxy) is 1. The molecule has 2 aromatic carbocycles. The number of hydrogen-bond acceptors (Lipinski definition) is 12. The van der Waals surface area contributed by atoms with E-state index in [2.05, 4.69) is 54.6 Å². The zero-order chi connectivity index (χ0) is 38.0. The number of pyridine rings is 1. The summed E-state index contributed by atoms with van der Waals surface area (Å²) in [5, 5.41) is 24.7. The van der Waals surface area contributed by atoms with E-state index in [1.54, 1.807) is 11.0 Å². The number of phenols is 1. The minimum atomic E-state index is -0.708. The predicted octanol–water partition coefficient (Wildman–Crippen LogP) is 3.62. The van der Waals surface area contributed by atoms with Crippen molar-refractivity contribution < 1.29 is 28.6 Å². The summed E-state index contributed by atoms with van der Waals surface area (Å²) in [6, 6.07) is 13.7. The number of aromatic nitrogens is 3. The molecule has 5 aliphatic heterocycles. The van der Waals surface area contributed by atoms with Gasteiger partial charge in [-0.25, -0.2) is 9.37 Å². The normalized spacial score (nSPS) is 23.6. The summed E-state index contributed by atoms with van der Waals surface area (Å²) >= 11 is 0. The van der Waals surface area contributed by atoms with Crippen LogP contribution in [0, 0.1) is 12.7 Å². The zero-order valence-corrected chi connectivity index (χ0v) is 30.7. The third kappa shape index (κ3) is 6.35. The van der Waals surface area contributed by atoms with Gasteiger partial charge < -0.3 is 29.9 Å². The molecule has 0 spiro atoms. The average Bonchev–Trinajstić information content (AvgIpc) is 3.69. The number of rotatable bonds is 7. The molecule has 0 aliphatic carbocycles. The van der Waals surface area contributed by atoms with E-state index in [9.17, 15) is 23.9 Å². The Balaban J connectivity index is 0.809. The lowest BCUT2D eigenvalue weighted by atomic mass is 9.95. The molecule has 0 bridgehead atoms. The van der Waals surface area contributed by atoms with Crippen molar-refractivity contribution >= 4 is 34.9 Å². The van der Waals surface area contributed by atoms with Crippen LogP contribution in [0.1, 0.15) is 53.2 Å². The number of piperazine rings is 1. The van der Waals surface area contributed by atoms with Gasteiger partial charge in [0.15, 0.2) is 17.4 Å². The van der Waals surface area contributed by atoms with Crippen molar-refractivity contribution in [3.63, 3.8) is 0 Å². The molecule has 284 valence electrons. The van der Waals surface area contributed by atoms with Crippen LogP contribution in [0.25, 0.3) is 11.3 Å².